The van der Waals surface area contributed by atoms with Gasteiger partial charge in [-0.3, -0.25) is 4.79 Å². The van der Waals surface area contributed by atoms with Crippen LogP contribution in [0.4, 0.5) is 0 Å². The van der Waals surface area contributed by atoms with Crippen LogP contribution in [-0.2, 0) is 4.79 Å². The van der Waals surface area contributed by atoms with Gasteiger partial charge in [-0.2, -0.15) is 0 Å². The normalized spacial score (nSPS) is 17.8. The van der Waals surface area contributed by atoms with Crippen LogP contribution >= 0.6 is 23.4 Å². The molecule has 2 nitrogen and oxygen atoms in total. The van der Waals surface area contributed by atoms with E-state index in [1.165, 1.54) is 19.3 Å². The van der Waals surface area contributed by atoms with Crippen molar-refractivity contribution in [2.75, 3.05) is 7.05 Å². The summed E-state index contributed by atoms with van der Waals surface area (Å²) in [6, 6.07) is 8.11. The molecule has 0 heterocycles. The molecule has 0 radical (unpaired) electrons. The molecule has 1 aromatic carbocycles. The smallest absolute Gasteiger partial charge is 0.235 e. The minimum absolute atomic E-state index is 0.0527. The Balaban J connectivity index is 1.92. The van der Waals surface area contributed by atoms with Crippen molar-refractivity contribution in [3.63, 3.8) is 0 Å². The number of carbonyl (C=O) groups is 1. The van der Waals surface area contributed by atoms with Crippen molar-refractivity contribution in [3.8, 4) is 0 Å². The lowest BCUT2D eigenvalue weighted by molar-refractivity contribution is -0.131. The average Bonchev–Trinajstić information content (AvgIpc) is 2.49. The molecule has 1 atom stereocenters. The fourth-order valence-electron chi connectivity index (χ4n) is 2.70. The molecule has 110 valence electrons. The van der Waals surface area contributed by atoms with Crippen LogP contribution in [0.1, 0.15) is 39.0 Å². The van der Waals surface area contributed by atoms with Gasteiger partial charge in [0.15, 0.2) is 0 Å². The molecular formula is C16H22ClNOS. The number of rotatable bonds is 4. The van der Waals surface area contributed by atoms with Gasteiger partial charge in [-0.1, -0.05) is 30.9 Å². The minimum Gasteiger partial charge on any atom is -0.342 e. The quantitative estimate of drug-likeness (QED) is 0.757. The SMILES string of the molecule is CC(Sc1ccc(Cl)cc1)C(=O)N(C)C1CCCCC1. The Morgan fingerprint density at radius 3 is 2.45 bits per heavy atom. The molecule has 1 unspecified atom stereocenters. The Morgan fingerprint density at radius 2 is 1.85 bits per heavy atom. The molecule has 4 heteroatoms. The molecule has 0 N–H and O–H groups in total. The fourth-order valence-corrected chi connectivity index (χ4v) is 3.80. The average molecular weight is 312 g/mol. The lowest BCUT2D eigenvalue weighted by atomic mass is 9.94. The minimum atomic E-state index is -0.0527. The van der Waals surface area contributed by atoms with E-state index in [2.05, 4.69) is 0 Å². The lowest BCUT2D eigenvalue weighted by Crippen LogP contribution is -2.42. The van der Waals surface area contributed by atoms with E-state index >= 15 is 0 Å². The predicted molar refractivity (Wildman–Crippen MR) is 86.4 cm³/mol. The first-order valence-corrected chi connectivity index (χ1v) is 8.52. The van der Waals surface area contributed by atoms with E-state index in [-0.39, 0.29) is 11.2 Å². The molecule has 0 aromatic heterocycles. The second-order valence-corrected chi connectivity index (χ2v) is 7.31. The predicted octanol–water partition coefficient (Wildman–Crippen LogP) is 4.61. The summed E-state index contributed by atoms with van der Waals surface area (Å²) in [5.74, 6) is 0.233. The van der Waals surface area contributed by atoms with Crippen LogP contribution in [0.3, 0.4) is 0 Å². The summed E-state index contributed by atoms with van der Waals surface area (Å²) in [6.45, 7) is 1.99. The van der Waals surface area contributed by atoms with E-state index < -0.39 is 0 Å². The topological polar surface area (TPSA) is 20.3 Å². The standard InChI is InChI=1S/C16H22ClNOS/c1-12(20-15-10-8-13(17)9-11-15)16(19)18(2)14-6-4-3-5-7-14/h8-12,14H,3-7H2,1-2H3. The second kappa shape index (κ2) is 7.37. The highest BCUT2D eigenvalue weighted by Gasteiger charge is 2.25. The molecule has 1 amide bonds. The van der Waals surface area contributed by atoms with Gasteiger partial charge in [-0.25, -0.2) is 0 Å². The summed E-state index contributed by atoms with van der Waals surface area (Å²) >= 11 is 7.48. The van der Waals surface area contributed by atoms with Crippen molar-refractivity contribution in [2.24, 2.45) is 0 Å². The molecule has 0 aliphatic heterocycles. The number of amides is 1. The summed E-state index contributed by atoms with van der Waals surface area (Å²) in [5.41, 5.74) is 0. The summed E-state index contributed by atoms with van der Waals surface area (Å²) < 4.78 is 0. The largest absolute Gasteiger partial charge is 0.342 e. The Bertz CT molecular complexity index is 442. The summed E-state index contributed by atoms with van der Waals surface area (Å²) in [7, 11) is 1.96. The van der Waals surface area contributed by atoms with E-state index in [4.69, 9.17) is 11.6 Å². The molecule has 1 aliphatic rings. The van der Waals surface area contributed by atoms with E-state index in [1.807, 2.05) is 43.1 Å². The highest BCUT2D eigenvalue weighted by molar-refractivity contribution is 8.00. The molecule has 0 spiro atoms. The highest BCUT2D eigenvalue weighted by atomic mass is 35.5. The molecule has 0 bridgehead atoms. The number of hydrogen-bond acceptors (Lipinski definition) is 2. The summed E-state index contributed by atoms with van der Waals surface area (Å²) in [4.78, 5) is 15.5. The van der Waals surface area contributed by atoms with Crippen molar-refractivity contribution >= 4 is 29.3 Å². The first-order chi connectivity index (χ1) is 9.58. The Morgan fingerprint density at radius 1 is 1.25 bits per heavy atom. The Labute approximate surface area is 130 Å². The molecule has 1 saturated carbocycles. The van der Waals surface area contributed by atoms with Gasteiger partial charge in [0.25, 0.3) is 0 Å². The van der Waals surface area contributed by atoms with Gasteiger partial charge in [0.2, 0.25) is 5.91 Å². The number of halogens is 1. The van der Waals surface area contributed by atoms with Crippen LogP contribution in [0.2, 0.25) is 5.02 Å². The first kappa shape index (κ1) is 15.7. The second-order valence-electron chi connectivity index (χ2n) is 5.45. The van der Waals surface area contributed by atoms with E-state index in [9.17, 15) is 4.79 Å². The third kappa shape index (κ3) is 4.16. The van der Waals surface area contributed by atoms with E-state index in [0.29, 0.717) is 6.04 Å². The Hall–Kier alpha value is -0.670. The van der Waals surface area contributed by atoms with Crippen molar-refractivity contribution in [2.45, 2.75) is 55.2 Å². The maximum absolute atomic E-state index is 12.5. The van der Waals surface area contributed by atoms with Crippen molar-refractivity contribution in [1.29, 1.82) is 0 Å². The fraction of sp³-hybridized carbons (Fsp3) is 0.562. The number of carbonyl (C=O) groups excluding carboxylic acids is 1. The van der Waals surface area contributed by atoms with Crippen molar-refractivity contribution < 1.29 is 4.79 Å². The zero-order valence-corrected chi connectivity index (χ0v) is 13.7. The number of thioether (sulfide) groups is 1. The third-order valence-electron chi connectivity index (χ3n) is 3.94. The zero-order valence-electron chi connectivity index (χ0n) is 12.1. The highest BCUT2D eigenvalue weighted by Crippen LogP contribution is 2.28. The molecule has 1 aromatic rings. The van der Waals surface area contributed by atoms with Crippen LogP contribution in [0.5, 0.6) is 0 Å². The van der Waals surface area contributed by atoms with Crippen LogP contribution in [0, 0.1) is 0 Å². The van der Waals surface area contributed by atoms with E-state index in [0.717, 1.165) is 22.8 Å². The van der Waals surface area contributed by atoms with Crippen LogP contribution in [0.25, 0.3) is 0 Å². The third-order valence-corrected chi connectivity index (χ3v) is 5.30. The number of hydrogen-bond donors (Lipinski definition) is 0. The van der Waals surface area contributed by atoms with Crippen LogP contribution < -0.4 is 0 Å². The summed E-state index contributed by atoms with van der Waals surface area (Å²) in [5, 5.41) is 0.677. The molecule has 1 fully saturated rings. The number of nitrogens with zero attached hydrogens (tertiary/aromatic N) is 1. The van der Waals surface area contributed by atoms with Gasteiger partial charge in [0.1, 0.15) is 0 Å². The monoisotopic (exact) mass is 311 g/mol. The first-order valence-electron chi connectivity index (χ1n) is 7.27. The number of benzene rings is 1. The molecule has 0 saturated heterocycles. The summed E-state index contributed by atoms with van der Waals surface area (Å²) in [6.07, 6.45) is 6.12. The molecule has 2 rings (SSSR count). The maximum atomic E-state index is 12.5. The van der Waals surface area contributed by atoms with Gasteiger partial charge >= 0.3 is 0 Å². The van der Waals surface area contributed by atoms with Gasteiger partial charge in [0.05, 0.1) is 5.25 Å². The van der Waals surface area contributed by atoms with Crippen LogP contribution in [-0.4, -0.2) is 29.1 Å². The zero-order chi connectivity index (χ0) is 14.5. The maximum Gasteiger partial charge on any atom is 0.235 e. The van der Waals surface area contributed by atoms with Gasteiger partial charge in [-0.05, 0) is 44.0 Å². The Kier molecular flexibility index (Phi) is 5.79. The lowest BCUT2D eigenvalue weighted by Gasteiger charge is -2.32. The molecule has 1 aliphatic carbocycles. The van der Waals surface area contributed by atoms with E-state index in [1.54, 1.807) is 11.8 Å². The van der Waals surface area contributed by atoms with Crippen molar-refractivity contribution in [3.05, 3.63) is 29.3 Å². The van der Waals surface area contributed by atoms with Crippen molar-refractivity contribution in [1.82, 2.24) is 4.90 Å². The van der Waals surface area contributed by atoms with Gasteiger partial charge < -0.3 is 4.90 Å². The van der Waals surface area contributed by atoms with Gasteiger partial charge in [0, 0.05) is 23.0 Å². The van der Waals surface area contributed by atoms with Crippen LogP contribution in [0.15, 0.2) is 29.2 Å². The molecular weight excluding hydrogens is 290 g/mol. The van der Waals surface area contributed by atoms with Gasteiger partial charge in [-0.15, -0.1) is 11.8 Å². The molecule has 20 heavy (non-hydrogen) atoms.